The zero-order valence-corrected chi connectivity index (χ0v) is 15.0. The van der Waals surface area contributed by atoms with Crippen LogP contribution in [0.15, 0.2) is 35.4 Å². The Kier molecular flexibility index (Phi) is 4.86. The first kappa shape index (κ1) is 17.5. The minimum atomic E-state index is -0.599. The molecule has 5 heteroatoms. The molecule has 0 spiro atoms. The lowest BCUT2D eigenvalue weighted by Crippen LogP contribution is -2.50. The maximum Gasteiger partial charge on any atom is 0.230 e. The highest BCUT2D eigenvalue weighted by molar-refractivity contribution is 6.27. The number of hydrogen-bond donors (Lipinski definition) is 0. The minimum Gasteiger partial charge on any atom is -0.340 e. The molecular formula is C20H24N2O3. The summed E-state index contributed by atoms with van der Waals surface area (Å²) >= 11 is 0. The Hall–Kier alpha value is -2.27. The molecule has 132 valence electrons. The highest BCUT2D eigenvalue weighted by Crippen LogP contribution is 2.31. The topological polar surface area (TPSA) is 57.7 Å². The van der Waals surface area contributed by atoms with Gasteiger partial charge in [0.25, 0.3) is 0 Å². The third kappa shape index (κ3) is 3.04. The van der Waals surface area contributed by atoms with Gasteiger partial charge in [-0.15, -0.1) is 0 Å². The van der Waals surface area contributed by atoms with Crippen LogP contribution in [0, 0.1) is 5.92 Å². The molecule has 0 N–H and O–H groups in total. The molecular weight excluding hydrogens is 316 g/mol. The fourth-order valence-electron chi connectivity index (χ4n) is 3.72. The van der Waals surface area contributed by atoms with Crippen molar-refractivity contribution in [2.45, 2.75) is 20.8 Å². The molecule has 1 aromatic rings. The summed E-state index contributed by atoms with van der Waals surface area (Å²) in [5.41, 5.74) is 1.59. The zero-order chi connectivity index (χ0) is 18.1. The number of nitrogens with zero attached hydrogens (tertiary/aromatic N) is 2. The van der Waals surface area contributed by atoms with Gasteiger partial charge in [-0.1, -0.05) is 31.2 Å². The second-order valence-electron chi connectivity index (χ2n) is 6.72. The number of allylic oxidation sites excluding steroid dienone is 1. The molecule has 2 aliphatic rings. The Morgan fingerprint density at radius 1 is 1.04 bits per heavy atom. The van der Waals surface area contributed by atoms with E-state index < -0.39 is 5.92 Å². The van der Waals surface area contributed by atoms with Crippen LogP contribution < -0.4 is 0 Å². The standard InChI is InChI=1S/C20H24N2O3/c1-4-21-9-11-22(12-10-21)20(25)14(3)17-13(2)18(23)15-7-5-6-8-16(15)19(17)24/h5-8,14H,4,9-12H2,1-3H3. The van der Waals surface area contributed by atoms with Crippen LogP contribution in [0.1, 0.15) is 41.5 Å². The van der Waals surface area contributed by atoms with Gasteiger partial charge in [-0.25, -0.2) is 0 Å². The van der Waals surface area contributed by atoms with E-state index in [1.807, 2.05) is 4.90 Å². The molecule has 25 heavy (non-hydrogen) atoms. The van der Waals surface area contributed by atoms with Crippen LogP contribution in [-0.4, -0.2) is 60.0 Å². The predicted octanol–water partition coefficient (Wildman–Crippen LogP) is 2.18. The lowest BCUT2D eigenvalue weighted by molar-refractivity contribution is -0.135. The summed E-state index contributed by atoms with van der Waals surface area (Å²) in [5, 5.41) is 0. The Balaban J connectivity index is 1.85. The molecule has 1 aromatic carbocycles. The van der Waals surface area contributed by atoms with Gasteiger partial charge < -0.3 is 9.80 Å². The number of rotatable bonds is 3. The van der Waals surface area contributed by atoms with Gasteiger partial charge in [0.2, 0.25) is 5.91 Å². The first-order valence-corrected chi connectivity index (χ1v) is 8.86. The average Bonchev–Trinajstić information content (AvgIpc) is 2.65. The summed E-state index contributed by atoms with van der Waals surface area (Å²) in [6.45, 7) is 9.52. The van der Waals surface area contributed by atoms with Crippen molar-refractivity contribution in [3.8, 4) is 0 Å². The van der Waals surface area contributed by atoms with Gasteiger partial charge in [0.05, 0.1) is 5.92 Å². The van der Waals surface area contributed by atoms with Gasteiger partial charge in [0.1, 0.15) is 0 Å². The van der Waals surface area contributed by atoms with E-state index >= 15 is 0 Å². The molecule has 1 fully saturated rings. The van der Waals surface area contributed by atoms with Crippen molar-refractivity contribution in [3.63, 3.8) is 0 Å². The molecule has 5 nitrogen and oxygen atoms in total. The molecule has 0 radical (unpaired) electrons. The van der Waals surface area contributed by atoms with Gasteiger partial charge in [-0.3, -0.25) is 14.4 Å². The molecule has 1 saturated heterocycles. The molecule has 1 atom stereocenters. The number of carbonyl (C=O) groups is 3. The fourth-order valence-corrected chi connectivity index (χ4v) is 3.72. The molecule has 0 aromatic heterocycles. The van der Waals surface area contributed by atoms with Crippen LogP contribution in [0.2, 0.25) is 0 Å². The maximum absolute atomic E-state index is 12.9. The molecule has 1 aliphatic heterocycles. The van der Waals surface area contributed by atoms with Crippen molar-refractivity contribution in [3.05, 3.63) is 46.5 Å². The van der Waals surface area contributed by atoms with Crippen LogP contribution in [0.25, 0.3) is 0 Å². The van der Waals surface area contributed by atoms with Crippen molar-refractivity contribution in [1.29, 1.82) is 0 Å². The lowest BCUT2D eigenvalue weighted by Gasteiger charge is -2.36. The molecule has 0 bridgehead atoms. The zero-order valence-electron chi connectivity index (χ0n) is 15.0. The summed E-state index contributed by atoms with van der Waals surface area (Å²) in [6.07, 6.45) is 0. The van der Waals surface area contributed by atoms with E-state index in [9.17, 15) is 14.4 Å². The number of piperazine rings is 1. The quantitative estimate of drug-likeness (QED) is 0.846. The largest absolute Gasteiger partial charge is 0.340 e. The van der Waals surface area contributed by atoms with Crippen molar-refractivity contribution in [2.75, 3.05) is 32.7 Å². The number of amides is 1. The number of benzene rings is 1. The van der Waals surface area contributed by atoms with Crippen LogP contribution in [0.3, 0.4) is 0 Å². The van der Waals surface area contributed by atoms with Crippen molar-refractivity contribution < 1.29 is 14.4 Å². The van der Waals surface area contributed by atoms with Gasteiger partial charge in [-0.2, -0.15) is 0 Å². The Morgan fingerprint density at radius 3 is 2.16 bits per heavy atom. The second-order valence-corrected chi connectivity index (χ2v) is 6.72. The number of Topliss-reactive ketones (excluding diaryl/α,β-unsaturated/α-hetero) is 2. The smallest absolute Gasteiger partial charge is 0.230 e. The molecule has 1 unspecified atom stereocenters. The Morgan fingerprint density at radius 2 is 1.60 bits per heavy atom. The number of hydrogen-bond acceptors (Lipinski definition) is 4. The monoisotopic (exact) mass is 340 g/mol. The van der Waals surface area contributed by atoms with Crippen LogP contribution in [0.5, 0.6) is 0 Å². The highest BCUT2D eigenvalue weighted by Gasteiger charge is 2.36. The van der Waals surface area contributed by atoms with Crippen LogP contribution in [-0.2, 0) is 4.79 Å². The molecule has 1 amide bonds. The summed E-state index contributed by atoms with van der Waals surface area (Å²) in [5.74, 6) is -1.01. The van der Waals surface area contributed by atoms with Gasteiger partial charge in [0.15, 0.2) is 11.6 Å². The first-order valence-electron chi connectivity index (χ1n) is 8.86. The van der Waals surface area contributed by atoms with Gasteiger partial charge in [-0.05, 0) is 20.4 Å². The van der Waals surface area contributed by atoms with Gasteiger partial charge in [0, 0.05) is 48.5 Å². The lowest BCUT2D eigenvalue weighted by atomic mass is 9.79. The van der Waals surface area contributed by atoms with E-state index in [1.165, 1.54) is 0 Å². The van der Waals surface area contributed by atoms with E-state index in [1.54, 1.807) is 38.1 Å². The summed E-state index contributed by atoms with van der Waals surface area (Å²) < 4.78 is 0. The first-order chi connectivity index (χ1) is 12.0. The van der Waals surface area contributed by atoms with Crippen LogP contribution in [0.4, 0.5) is 0 Å². The van der Waals surface area contributed by atoms with Crippen LogP contribution >= 0.6 is 0 Å². The molecule has 1 aliphatic carbocycles. The number of ketones is 2. The highest BCUT2D eigenvalue weighted by atomic mass is 16.2. The number of likely N-dealkylation sites (N-methyl/N-ethyl adjacent to an activating group) is 1. The van der Waals surface area contributed by atoms with E-state index in [0.717, 1.165) is 19.6 Å². The molecule has 0 saturated carbocycles. The molecule has 1 heterocycles. The van der Waals surface area contributed by atoms with Crippen molar-refractivity contribution >= 4 is 17.5 Å². The third-order valence-electron chi connectivity index (χ3n) is 5.34. The van der Waals surface area contributed by atoms with E-state index in [-0.39, 0.29) is 17.5 Å². The predicted molar refractivity (Wildman–Crippen MR) is 95.7 cm³/mol. The SMILES string of the molecule is CCN1CCN(C(=O)C(C)C2=C(C)C(=O)c3ccccc3C2=O)CC1. The van der Waals surface area contributed by atoms with Gasteiger partial charge >= 0.3 is 0 Å². The fraction of sp³-hybridized carbons (Fsp3) is 0.450. The summed E-state index contributed by atoms with van der Waals surface area (Å²) in [4.78, 5) is 42.5. The normalized spacial score (nSPS) is 19.9. The van der Waals surface area contributed by atoms with E-state index in [2.05, 4.69) is 11.8 Å². The van der Waals surface area contributed by atoms with E-state index in [4.69, 9.17) is 0 Å². The maximum atomic E-state index is 12.9. The summed E-state index contributed by atoms with van der Waals surface area (Å²) in [7, 11) is 0. The van der Waals surface area contributed by atoms with Crippen molar-refractivity contribution in [2.24, 2.45) is 5.92 Å². The Bertz CT molecular complexity index is 758. The number of carbonyl (C=O) groups excluding carboxylic acids is 3. The third-order valence-corrected chi connectivity index (χ3v) is 5.34. The average molecular weight is 340 g/mol. The Labute approximate surface area is 148 Å². The number of fused-ring (bicyclic) bond motifs is 1. The van der Waals surface area contributed by atoms with E-state index in [0.29, 0.717) is 35.4 Å². The second kappa shape index (κ2) is 6.92. The van der Waals surface area contributed by atoms with Crippen molar-refractivity contribution in [1.82, 2.24) is 9.80 Å². The molecule has 3 rings (SSSR count). The summed E-state index contributed by atoms with van der Waals surface area (Å²) in [6, 6.07) is 6.84. The minimum absolute atomic E-state index is 0.0642.